The minimum atomic E-state index is -0.690. The molecule has 0 bridgehead atoms. The number of para-hydroxylation sites is 1. The lowest BCUT2D eigenvalue weighted by Gasteiger charge is -2.22. The van der Waals surface area contributed by atoms with Gasteiger partial charge in [-0.2, -0.15) is 5.10 Å². The van der Waals surface area contributed by atoms with Crippen molar-refractivity contribution in [3.8, 4) is 16.9 Å². The van der Waals surface area contributed by atoms with Gasteiger partial charge in [0.25, 0.3) is 0 Å². The highest BCUT2D eigenvalue weighted by atomic mass is 16.5. The van der Waals surface area contributed by atoms with Crippen LogP contribution in [0.2, 0.25) is 0 Å². The maximum absolute atomic E-state index is 12.7. The van der Waals surface area contributed by atoms with Crippen LogP contribution in [0.4, 0.5) is 10.6 Å². The van der Waals surface area contributed by atoms with Gasteiger partial charge < -0.3 is 19.5 Å². The number of carbonyl (C=O) groups excluding carboxylic acids is 1. The average molecular weight is 360 g/mol. The average Bonchev–Trinajstić information content (AvgIpc) is 2.77. The first kappa shape index (κ1) is 18.2. The number of β-amino-alcohol motifs (C(OH)–C–C–N with tert-alkyl or cyclic N) is 1. The smallest absolute Gasteiger partial charge is 0.323 e. The summed E-state index contributed by atoms with van der Waals surface area (Å²) in [5.41, 5.74) is 2.45. The largest absolute Gasteiger partial charge is 0.496 e. The van der Waals surface area contributed by atoms with Crippen LogP contribution in [0, 0.1) is 6.92 Å². The van der Waals surface area contributed by atoms with Crippen LogP contribution in [0.15, 0.2) is 24.3 Å². The van der Waals surface area contributed by atoms with Gasteiger partial charge in [0, 0.05) is 19.2 Å². The van der Waals surface area contributed by atoms with Gasteiger partial charge in [-0.1, -0.05) is 18.2 Å². The lowest BCUT2D eigenvalue weighted by Crippen LogP contribution is -2.40. The third-order valence-corrected chi connectivity index (χ3v) is 4.36. The van der Waals surface area contributed by atoms with Crippen molar-refractivity contribution in [3.63, 3.8) is 0 Å². The highest BCUT2D eigenvalue weighted by molar-refractivity contribution is 5.94. The molecule has 0 aliphatic carbocycles. The number of ether oxygens (including phenoxy) is 2. The summed E-state index contributed by atoms with van der Waals surface area (Å²) in [4.78, 5) is 14.3. The number of carbonyl (C=O) groups is 1. The lowest BCUT2D eigenvalue weighted by molar-refractivity contribution is 0.0575. The van der Waals surface area contributed by atoms with Gasteiger partial charge in [-0.3, -0.25) is 10.00 Å². The Bertz CT molecular complexity index is 789. The van der Waals surface area contributed by atoms with Crippen LogP contribution in [-0.4, -0.2) is 65.3 Å². The van der Waals surface area contributed by atoms with Gasteiger partial charge in [0.2, 0.25) is 0 Å². The summed E-state index contributed by atoms with van der Waals surface area (Å²) in [7, 11) is 3.39. The molecule has 1 saturated heterocycles. The molecular weight excluding hydrogens is 336 g/mol. The Hall–Kier alpha value is -2.58. The van der Waals surface area contributed by atoms with Crippen LogP contribution in [0.1, 0.15) is 5.69 Å². The quantitative estimate of drug-likeness (QED) is 0.868. The van der Waals surface area contributed by atoms with Gasteiger partial charge in [-0.25, -0.2) is 4.79 Å². The second-order valence-corrected chi connectivity index (χ2v) is 6.24. The lowest BCUT2D eigenvalue weighted by atomic mass is 10.0. The Labute approximate surface area is 152 Å². The molecule has 2 heterocycles. The van der Waals surface area contributed by atoms with E-state index in [9.17, 15) is 9.90 Å². The molecule has 3 rings (SSSR count). The third kappa shape index (κ3) is 3.66. The fourth-order valence-electron chi connectivity index (χ4n) is 3.13. The van der Waals surface area contributed by atoms with Crippen LogP contribution >= 0.6 is 0 Å². The van der Waals surface area contributed by atoms with Crippen molar-refractivity contribution in [1.82, 2.24) is 14.7 Å². The number of rotatable bonds is 3. The second-order valence-electron chi connectivity index (χ2n) is 6.24. The maximum atomic E-state index is 12.7. The summed E-state index contributed by atoms with van der Waals surface area (Å²) in [6.07, 6.45) is -0.690. The minimum Gasteiger partial charge on any atom is -0.496 e. The molecule has 8 nitrogen and oxygen atoms in total. The molecule has 0 saturated carbocycles. The number of amides is 2. The molecule has 8 heteroatoms. The van der Waals surface area contributed by atoms with Crippen LogP contribution in [-0.2, 0) is 11.8 Å². The van der Waals surface area contributed by atoms with Gasteiger partial charge in [0.15, 0.2) is 0 Å². The molecule has 140 valence electrons. The van der Waals surface area contributed by atoms with Crippen molar-refractivity contribution in [2.75, 3.05) is 38.7 Å². The zero-order chi connectivity index (χ0) is 18.7. The minimum absolute atomic E-state index is 0.229. The number of hydrogen-bond acceptors (Lipinski definition) is 5. The summed E-state index contributed by atoms with van der Waals surface area (Å²) < 4.78 is 12.4. The number of aliphatic hydroxyl groups is 1. The van der Waals surface area contributed by atoms with E-state index in [1.165, 1.54) is 0 Å². The molecule has 1 aliphatic heterocycles. The topological polar surface area (TPSA) is 88.9 Å². The van der Waals surface area contributed by atoms with Gasteiger partial charge in [-0.15, -0.1) is 0 Å². The molecule has 2 N–H and O–H groups in total. The Morgan fingerprint density at radius 3 is 2.96 bits per heavy atom. The molecule has 2 amide bonds. The number of aryl methyl sites for hydroxylation is 2. The van der Waals surface area contributed by atoms with Gasteiger partial charge in [-0.05, 0) is 13.0 Å². The predicted molar refractivity (Wildman–Crippen MR) is 97.4 cm³/mol. The number of aromatic nitrogens is 2. The highest BCUT2D eigenvalue weighted by Crippen LogP contribution is 2.37. The van der Waals surface area contributed by atoms with Gasteiger partial charge >= 0.3 is 6.03 Å². The SMILES string of the molecule is COc1ccccc1-c1c(C)nn(C)c1NC(=O)N1CCOCC(O)C1. The van der Waals surface area contributed by atoms with E-state index in [2.05, 4.69) is 10.4 Å². The molecule has 1 fully saturated rings. The molecule has 2 aromatic rings. The summed E-state index contributed by atoms with van der Waals surface area (Å²) in [5, 5.41) is 17.2. The van der Waals surface area contributed by atoms with E-state index < -0.39 is 6.10 Å². The van der Waals surface area contributed by atoms with Crippen molar-refractivity contribution in [2.45, 2.75) is 13.0 Å². The first-order valence-corrected chi connectivity index (χ1v) is 8.50. The van der Waals surface area contributed by atoms with E-state index in [1.807, 2.05) is 31.2 Å². The van der Waals surface area contributed by atoms with Crippen molar-refractivity contribution in [1.29, 1.82) is 0 Å². The third-order valence-electron chi connectivity index (χ3n) is 4.36. The van der Waals surface area contributed by atoms with E-state index in [0.717, 1.165) is 16.8 Å². The monoisotopic (exact) mass is 360 g/mol. The van der Waals surface area contributed by atoms with Crippen LogP contribution < -0.4 is 10.1 Å². The first-order chi connectivity index (χ1) is 12.5. The van der Waals surface area contributed by atoms with Crippen LogP contribution in [0.25, 0.3) is 11.1 Å². The molecule has 0 spiro atoms. The Morgan fingerprint density at radius 2 is 2.19 bits per heavy atom. The maximum Gasteiger partial charge on any atom is 0.323 e. The van der Waals surface area contributed by atoms with E-state index >= 15 is 0 Å². The van der Waals surface area contributed by atoms with Crippen molar-refractivity contribution >= 4 is 11.8 Å². The molecule has 1 aromatic carbocycles. The molecule has 1 aromatic heterocycles. The standard InChI is InChI=1S/C18H24N4O4/c1-12-16(14-6-4-5-7-15(14)25-3)17(21(2)20-12)19-18(24)22-8-9-26-11-13(23)10-22/h4-7,13,23H,8-11H2,1-3H3,(H,19,24). The molecular formula is C18H24N4O4. The van der Waals surface area contributed by atoms with E-state index in [4.69, 9.17) is 9.47 Å². The van der Waals surface area contributed by atoms with Crippen molar-refractivity contribution in [2.24, 2.45) is 7.05 Å². The van der Waals surface area contributed by atoms with Crippen LogP contribution in [0.5, 0.6) is 5.75 Å². The van der Waals surface area contributed by atoms with E-state index in [-0.39, 0.29) is 19.2 Å². The molecule has 0 radical (unpaired) electrons. The molecule has 1 atom stereocenters. The highest BCUT2D eigenvalue weighted by Gasteiger charge is 2.25. The number of anilines is 1. The van der Waals surface area contributed by atoms with E-state index in [0.29, 0.717) is 24.7 Å². The summed E-state index contributed by atoms with van der Waals surface area (Å²) in [5.74, 6) is 1.29. The summed E-state index contributed by atoms with van der Waals surface area (Å²) >= 11 is 0. The second kappa shape index (κ2) is 7.76. The molecule has 1 aliphatic rings. The van der Waals surface area contributed by atoms with Crippen LogP contribution in [0.3, 0.4) is 0 Å². The number of nitrogens with zero attached hydrogens (tertiary/aromatic N) is 3. The van der Waals surface area contributed by atoms with E-state index in [1.54, 1.807) is 23.7 Å². The van der Waals surface area contributed by atoms with Gasteiger partial charge in [0.1, 0.15) is 11.6 Å². The number of urea groups is 1. The van der Waals surface area contributed by atoms with Crippen molar-refractivity contribution in [3.05, 3.63) is 30.0 Å². The molecule has 1 unspecified atom stereocenters. The normalized spacial score (nSPS) is 17.7. The zero-order valence-corrected chi connectivity index (χ0v) is 15.2. The Morgan fingerprint density at radius 1 is 1.42 bits per heavy atom. The predicted octanol–water partition coefficient (Wildman–Crippen LogP) is 1.63. The van der Waals surface area contributed by atoms with Crippen molar-refractivity contribution < 1.29 is 19.4 Å². The molecule has 26 heavy (non-hydrogen) atoms. The summed E-state index contributed by atoms with van der Waals surface area (Å²) in [6, 6.07) is 7.31. The first-order valence-electron chi connectivity index (χ1n) is 8.50. The Balaban J connectivity index is 1.92. The number of hydrogen-bond donors (Lipinski definition) is 2. The number of benzene rings is 1. The summed E-state index contributed by atoms with van der Waals surface area (Å²) in [6.45, 7) is 3.17. The fourth-order valence-corrected chi connectivity index (χ4v) is 3.13. The number of methoxy groups -OCH3 is 1. The zero-order valence-electron chi connectivity index (χ0n) is 15.2. The fraction of sp³-hybridized carbons (Fsp3) is 0.444. The number of aliphatic hydroxyl groups excluding tert-OH is 1. The van der Waals surface area contributed by atoms with Gasteiger partial charge in [0.05, 0.1) is 44.2 Å². The Kier molecular flexibility index (Phi) is 5.43. The number of nitrogens with one attached hydrogen (secondary N) is 1.